The molecule has 0 saturated heterocycles. The van der Waals surface area contributed by atoms with Crippen LogP contribution in [-0.2, 0) is 9.59 Å². The van der Waals surface area contributed by atoms with E-state index in [0.717, 1.165) is 0 Å². The Balaban J connectivity index is -0.000000317. The molecule has 0 unspecified atom stereocenters. The molecule has 0 saturated carbocycles. The van der Waals surface area contributed by atoms with Crippen LogP contribution in [0.15, 0.2) is 12.2 Å². The molecule has 2 N–H and O–H groups in total. The molecule has 0 aromatic rings. The van der Waals surface area contributed by atoms with Gasteiger partial charge in [-0.15, -0.1) is 0 Å². The van der Waals surface area contributed by atoms with E-state index in [4.69, 9.17) is 10.2 Å². The standard InChI is InChI=1S/C11H26N.C4H4O4.K.H/c1-5-9-12(8-4,10-6-2)11-7-3;5-3(6)1-2-4(7)8;;/h5-11H2,1-4H3;1-2H,(H,5,6)(H,7,8);;/q+1;;;/b;2-1-;;. The van der Waals surface area contributed by atoms with Crippen LogP contribution in [0.2, 0.25) is 0 Å². The molecule has 0 aromatic heterocycles. The average molecular weight is 329 g/mol. The van der Waals surface area contributed by atoms with Gasteiger partial charge in [0.15, 0.2) is 0 Å². The molecular weight excluding hydrogens is 297 g/mol. The van der Waals surface area contributed by atoms with Gasteiger partial charge in [0.05, 0.1) is 26.2 Å². The summed E-state index contributed by atoms with van der Waals surface area (Å²) < 4.78 is 1.35. The molecule has 6 heteroatoms. The molecule has 0 amide bonds. The van der Waals surface area contributed by atoms with Gasteiger partial charge in [-0.3, -0.25) is 0 Å². The van der Waals surface area contributed by atoms with Crippen LogP contribution in [-0.4, -0.2) is 104 Å². The predicted octanol–water partition coefficient (Wildman–Crippen LogP) is 2.12. The van der Waals surface area contributed by atoms with Crippen molar-refractivity contribution in [3.63, 3.8) is 0 Å². The van der Waals surface area contributed by atoms with Crippen molar-refractivity contribution in [2.24, 2.45) is 0 Å². The molecule has 0 spiro atoms. The Kier molecular flexibility index (Phi) is 20.8. The van der Waals surface area contributed by atoms with Gasteiger partial charge in [-0.25, -0.2) is 9.59 Å². The number of nitrogens with zero attached hydrogens (tertiary/aromatic N) is 1. The summed E-state index contributed by atoms with van der Waals surface area (Å²) in [7, 11) is 0. The van der Waals surface area contributed by atoms with Crippen molar-refractivity contribution < 1.29 is 24.3 Å². The molecule has 5 nitrogen and oxygen atoms in total. The zero-order valence-corrected chi connectivity index (χ0v) is 13.3. The second-order valence-electron chi connectivity index (χ2n) is 4.84. The van der Waals surface area contributed by atoms with E-state index in [0.29, 0.717) is 12.2 Å². The predicted molar refractivity (Wildman–Crippen MR) is 87.8 cm³/mol. The molecule has 0 rings (SSSR count). The molecule has 0 fully saturated rings. The first-order valence-corrected chi connectivity index (χ1v) is 7.36. The first-order chi connectivity index (χ1) is 9.37. The molecule has 0 aliphatic carbocycles. The van der Waals surface area contributed by atoms with Crippen molar-refractivity contribution >= 4 is 63.3 Å². The van der Waals surface area contributed by atoms with Crippen molar-refractivity contribution in [2.75, 3.05) is 26.2 Å². The Bertz CT molecular complexity index is 273. The molecular formula is C15H31KNO4+. The second kappa shape index (κ2) is 16.6. The first kappa shape index (κ1) is 26.2. The number of aliphatic carboxylic acids is 2. The third-order valence-corrected chi connectivity index (χ3v) is 3.13. The van der Waals surface area contributed by atoms with Crippen LogP contribution in [0.3, 0.4) is 0 Å². The van der Waals surface area contributed by atoms with Crippen LogP contribution in [0.1, 0.15) is 47.0 Å². The fourth-order valence-corrected chi connectivity index (χ4v) is 2.38. The zero-order chi connectivity index (χ0) is 16.0. The van der Waals surface area contributed by atoms with Gasteiger partial charge in [-0.2, -0.15) is 0 Å². The van der Waals surface area contributed by atoms with Gasteiger partial charge in [0.25, 0.3) is 0 Å². The van der Waals surface area contributed by atoms with E-state index in [-0.39, 0.29) is 51.4 Å². The first-order valence-electron chi connectivity index (χ1n) is 7.36. The van der Waals surface area contributed by atoms with Gasteiger partial charge in [0, 0.05) is 12.2 Å². The zero-order valence-electron chi connectivity index (χ0n) is 13.3. The van der Waals surface area contributed by atoms with Crippen molar-refractivity contribution in [3.8, 4) is 0 Å². The fourth-order valence-electron chi connectivity index (χ4n) is 2.38. The van der Waals surface area contributed by atoms with Crippen LogP contribution < -0.4 is 0 Å². The Morgan fingerprint density at radius 2 is 1.10 bits per heavy atom. The van der Waals surface area contributed by atoms with Crippen molar-refractivity contribution in [1.29, 1.82) is 0 Å². The monoisotopic (exact) mass is 328 g/mol. The van der Waals surface area contributed by atoms with Crippen LogP contribution in [0.5, 0.6) is 0 Å². The van der Waals surface area contributed by atoms with Crippen molar-refractivity contribution in [3.05, 3.63) is 12.2 Å². The molecule has 120 valence electrons. The van der Waals surface area contributed by atoms with Crippen LogP contribution >= 0.6 is 0 Å². The van der Waals surface area contributed by atoms with E-state index < -0.39 is 11.9 Å². The van der Waals surface area contributed by atoms with Gasteiger partial charge < -0.3 is 14.7 Å². The molecule has 21 heavy (non-hydrogen) atoms. The Labute approximate surface area is 171 Å². The second-order valence-corrected chi connectivity index (χ2v) is 4.84. The van der Waals surface area contributed by atoms with Crippen molar-refractivity contribution in [2.45, 2.75) is 47.0 Å². The summed E-state index contributed by atoms with van der Waals surface area (Å²) in [5.41, 5.74) is 0. The van der Waals surface area contributed by atoms with E-state index in [2.05, 4.69) is 27.7 Å². The molecule has 0 heterocycles. The summed E-state index contributed by atoms with van der Waals surface area (Å²) in [5.74, 6) is -2.51. The number of carboxylic acids is 2. The summed E-state index contributed by atoms with van der Waals surface area (Å²) in [5, 5.41) is 15.6. The summed E-state index contributed by atoms with van der Waals surface area (Å²) >= 11 is 0. The summed E-state index contributed by atoms with van der Waals surface area (Å²) in [4.78, 5) is 19.1. The number of hydrogen-bond acceptors (Lipinski definition) is 2. The summed E-state index contributed by atoms with van der Waals surface area (Å²) in [6.45, 7) is 14.7. The minimum absolute atomic E-state index is 0. The normalized spacial score (nSPS) is 10.5. The van der Waals surface area contributed by atoms with Crippen LogP contribution in [0.25, 0.3) is 0 Å². The number of carbonyl (C=O) groups is 2. The number of rotatable bonds is 9. The van der Waals surface area contributed by atoms with E-state index in [1.807, 2.05) is 0 Å². The van der Waals surface area contributed by atoms with E-state index in [1.165, 1.54) is 49.9 Å². The number of quaternary nitrogens is 1. The Hall–Kier alpha value is 0.276. The third kappa shape index (κ3) is 16.5. The average Bonchev–Trinajstić information content (AvgIpc) is 2.38. The summed E-state index contributed by atoms with van der Waals surface area (Å²) in [6, 6.07) is 0. The minimum atomic E-state index is -1.26. The Morgan fingerprint density at radius 1 is 0.810 bits per heavy atom. The van der Waals surface area contributed by atoms with E-state index >= 15 is 0 Å². The van der Waals surface area contributed by atoms with E-state index in [9.17, 15) is 9.59 Å². The quantitative estimate of drug-likeness (QED) is 0.386. The van der Waals surface area contributed by atoms with Gasteiger partial charge in [0.2, 0.25) is 0 Å². The van der Waals surface area contributed by atoms with Crippen LogP contribution in [0.4, 0.5) is 0 Å². The van der Waals surface area contributed by atoms with Crippen LogP contribution in [0, 0.1) is 0 Å². The van der Waals surface area contributed by atoms with Crippen molar-refractivity contribution in [1.82, 2.24) is 0 Å². The molecule has 0 aliphatic rings. The van der Waals surface area contributed by atoms with Gasteiger partial charge in [0.1, 0.15) is 0 Å². The maximum atomic E-state index is 9.55. The molecule has 0 bridgehead atoms. The van der Waals surface area contributed by atoms with Gasteiger partial charge >= 0.3 is 63.3 Å². The maximum absolute atomic E-state index is 9.55. The molecule has 0 aromatic carbocycles. The topological polar surface area (TPSA) is 74.6 Å². The fraction of sp³-hybridized carbons (Fsp3) is 0.733. The molecule has 0 aliphatic heterocycles. The number of hydrogen-bond donors (Lipinski definition) is 2. The van der Waals surface area contributed by atoms with Gasteiger partial charge in [-0.05, 0) is 26.2 Å². The Morgan fingerprint density at radius 3 is 1.24 bits per heavy atom. The summed E-state index contributed by atoms with van der Waals surface area (Å²) in [6.07, 6.45) is 5.10. The molecule has 0 radical (unpaired) electrons. The molecule has 0 atom stereocenters. The third-order valence-electron chi connectivity index (χ3n) is 3.13. The van der Waals surface area contributed by atoms with E-state index in [1.54, 1.807) is 0 Å². The van der Waals surface area contributed by atoms with Gasteiger partial charge in [-0.1, -0.05) is 20.8 Å². The number of carboxylic acid groups (broad SMARTS) is 2. The SMILES string of the molecule is CCC[N+](CC)(CCC)CCC.O=C(O)/C=C\C(=O)O.[KH].